The van der Waals surface area contributed by atoms with E-state index in [9.17, 15) is 0 Å². The second-order valence-electron chi connectivity index (χ2n) is 7.34. The minimum absolute atomic E-state index is 0.452. The van der Waals surface area contributed by atoms with Gasteiger partial charge in [-0.05, 0) is 45.1 Å². The lowest BCUT2D eigenvalue weighted by Gasteiger charge is -2.28. The van der Waals surface area contributed by atoms with Crippen molar-refractivity contribution in [1.82, 2.24) is 29.9 Å². The first-order chi connectivity index (χ1) is 13.7. The number of benzene rings is 1. The summed E-state index contributed by atoms with van der Waals surface area (Å²) in [5, 5.41) is 17.2. The number of ether oxygens (including phenoxy) is 1. The van der Waals surface area contributed by atoms with Crippen LogP contribution in [0.15, 0.2) is 36.8 Å². The maximum absolute atomic E-state index is 5.52. The van der Waals surface area contributed by atoms with Gasteiger partial charge in [0.1, 0.15) is 11.3 Å². The Labute approximate surface area is 162 Å². The molecule has 8 heteroatoms. The molecule has 0 radical (unpaired) electrons. The molecule has 0 atom stereocenters. The van der Waals surface area contributed by atoms with Gasteiger partial charge in [0.05, 0.1) is 42.1 Å². The van der Waals surface area contributed by atoms with Gasteiger partial charge in [0, 0.05) is 11.6 Å². The fourth-order valence-corrected chi connectivity index (χ4v) is 3.98. The van der Waals surface area contributed by atoms with Gasteiger partial charge in [-0.15, -0.1) is 0 Å². The fourth-order valence-electron chi connectivity index (χ4n) is 3.98. The second kappa shape index (κ2) is 6.79. The number of pyridine rings is 1. The van der Waals surface area contributed by atoms with E-state index in [4.69, 9.17) is 9.72 Å². The Balaban J connectivity index is 1.49. The number of likely N-dealkylation sites (tertiary alicyclic amines) is 1. The van der Waals surface area contributed by atoms with Crippen LogP contribution in [0.5, 0.6) is 5.75 Å². The Morgan fingerprint density at radius 3 is 2.89 bits per heavy atom. The molecule has 2 N–H and O–H groups in total. The smallest absolute Gasteiger partial charge is 0.157 e. The predicted molar refractivity (Wildman–Crippen MR) is 109 cm³/mol. The summed E-state index contributed by atoms with van der Waals surface area (Å²) in [6, 6.07) is 6.32. The van der Waals surface area contributed by atoms with Crippen molar-refractivity contribution in [3.63, 3.8) is 0 Å². The lowest BCUT2D eigenvalue weighted by molar-refractivity contribution is 0.212. The van der Waals surface area contributed by atoms with E-state index >= 15 is 0 Å². The summed E-state index contributed by atoms with van der Waals surface area (Å²) in [6.45, 7) is 2.21. The normalized spacial score (nSPS) is 16.1. The average Bonchev–Trinajstić information content (AvgIpc) is 3.38. The first-order valence-electron chi connectivity index (χ1n) is 9.52. The monoisotopic (exact) mass is 377 g/mol. The highest BCUT2D eigenvalue weighted by molar-refractivity contribution is 6.11. The van der Waals surface area contributed by atoms with Gasteiger partial charge in [-0.3, -0.25) is 9.78 Å². The number of rotatable bonds is 4. The average molecular weight is 377 g/mol. The summed E-state index contributed by atoms with van der Waals surface area (Å²) >= 11 is 0. The van der Waals surface area contributed by atoms with Gasteiger partial charge in [0.25, 0.3) is 0 Å². The van der Waals surface area contributed by atoms with Crippen LogP contribution in [0.1, 0.15) is 18.9 Å². The van der Waals surface area contributed by atoms with E-state index in [-0.39, 0.29) is 0 Å². The van der Waals surface area contributed by atoms with E-state index in [0.717, 1.165) is 65.0 Å². The molecule has 1 aliphatic rings. The molecule has 1 saturated heterocycles. The van der Waals surface area contributed by atoms with Crippen molar-refractivity contribution in [3.8, 4) is 5.75 Å². The number of piperidine rings is 1. The molecule has 0 spiro atoms. The fraction of sp³-hybridized carbons (Fsp3) is 0.350. The molecule has 1 fully saturated rings. The van der Waals surface area contributed by atoms with Crippen LogP contribution in [0.2, 0.25) is 0 Å². The lowest BCUT2D eigenvalue weighted by atomic mass is 10.1. The van der Waals surface area contributed by atoms with Crippen molar-refractivity contribution in [3.05, 3.63) is 36.8 Å². The third kappa shape index (κ3) is 2.86. The van der Waals surface area contributed by atoms with Gasteiger partial charge in [-0.1, -0.05) is 6.07 Å². The Bertz CT molecular complexity index is 1120. The van der Waals surface area contributed by atoms with E-state index in [2.05, 4.69) is 43.4 Å². The van der Waals surface area contributed by atoms with Crippen LogP contribution >= 0.6 is 0 Å². The van der Waals surface area contributed by atoms with E-state index in [1.807, 2.05) is 30.6 Å². The molecule has 0 saturated carbocycles. The highest BCUT2D eigenvalue weighted by Gasteiger charge is 2.19. The van der Waals surface area contributed by atoms with Crippen LogP contribution in [0, 0.1) is 0 Å². The van der Waals surface area contributed by atoms with Crippen LogP contribution in [-0.2, 0) is 0 Å². The van der Waals surface area contributed by atoms with Crippen molar-refractivity contribution in [2.24, 2.45) is 0 Å². The number of hydrogen-bond acceptors (Lipinski definition) is 6. The van der Waals surface area contributed by atoms with E-state index < -0.39 is 0 Å². The van der Waals surface area contributed by atoms with Gasteiger partial charge in [-0.2, -0.15) is 10.2 Å². The summed E-state index contributed by atoms with van der Waals surface area (Å²) in [6.07, 6.45) is 7.98. The molecule has 0 unspecified atom stereocenters. The van der Waals surface area contributed by atoms with E-state index in [1.165, 1.54) is 0 Å². The van der Waals surface area contributed by atoms with E-state index in [1.54, 1.807) is 7.11 Å². The number of nitrogens with one attached hydrogen (secondary N) is 2. The molecule has 8 nitrogen and oxygen atoms in total. The minimum Gasteiger partial charge on any atom is -0.496 e. The van der Waals surface area contributed by atoms with Gasteiger partial charge in [-0.25, -0.2) is 4.98 Å². The van der Waals surface area contributed by atoms with Crippen LogP contribution in [0.3, 0.4) is 0 Å². The highest BCUT2D eigenvalue weighted by Crippen LogP contribution is 2.35. The summed E-state index contributed by atoms with van der Waals surface area (Å²) in [7, 11) is 3.84. The van der Waals surface area contributed by atoms with E-state index in [0.29, 0.717) is 6.04 Å². The Kier molecular flexibility index (Phi) is 4.12. The van der Waals surface area contributed by atoms with Gasteiger partial charge in [0.2, 0.25) is 0 Å². The Morgan fingerprint density at radius 2 is 2.07 bits per heavy atom. The summed E-state index contributed by atoms with van der Waals surface area (Å²) in [4.78, 5) is 7.17. The zero-order valence-electron chi connectivity index (χ0n) is 16.0. The molecule has 144 valence electrons. The number of fused-ring (bicyclic) bond motifs is 3. The maximum Gasteiger partial charge on any atom is 0.157 e. The first-order valence-corrected chi connectivity index (χ1v) is 9.52. The first kappa shape index (κ1) is 17.0. The van der Waals surface area contributed by atoms with Crippen molar-refractivity contribution in [1.29, 1.82) is 0 Å². The van der Waals surface area contributed by atoms with Crippen LogP contribution < -0.4 is 10.1 Å². The summed E-state index contributed by atoms with van der Waals surface area (Å²) in [5.74, 6) is 1.52. The molecule has 0 bridgehead atoms. The number of anilines is 2. The zero-order chi connectivity index (χ0) is 19.1. The standard InChI is InChI=1S/C20H23N7O/c1-26-8-6-14(7-9-26)27-12-13(10-22-27)23-20-19-15(11-21-25-19)18-16(24-20)4-3-5-17(18)28-2/h3-5,10-12,14H,6-9H2,1-2H3,(H,21,25)(H,23,24). The van der Waals surface area contributed by atoms with Gasteiger partial charge in [0.15, 0.2) is 5.82 Å². The molecular weight excluding hydrogens is 354 g/mol. The van der Waals surface area contributed by atoms with Crippen molar-refractivity contribution in [2.45, 2.75) is 18.9 Å². The van der Waals surface area contributed by atoms with Gasteiger partial charge < -0.3 is 15.0 Å². The number of aromatic nitrogens is 5. The number of nitrogens with zero attached hydrogens (tertiary/aromatic N) is 5. The molecule has 28 heavy (non-hydrogen) atoms. The number of aromatic amines is 1. The third-order valence-corrected chi connectivity index (χ3v) is 5.53. The van der Waals surface area contributed by atoms with Crippen molar-refractivity contribution in [2.75, 3.05) is 32.6 Å². The molecule has 0 aliphatic carbocycles. The highest BCUT2D eigenvalue weighted by atomic mass is 16.5. The molecule has 0 amide bonds. The number of hydrogen-bond donors (Lipinski definition) is 2. The molecule has 1 aliphatic heterocycles. The van der Waals surface area contributed by atoms with Gasteiger partial charge >= 0.3 is 0 Å². The topological polar surface area (TPSA) is 83.9 Å². The van der Waals surface area contributed by atoms with Crippen molar-refractivity contribution < 1.29 is 4.74 Å². The Hall–Kier alpha value is -3.13. The number of methoxy groups -OCH3 is 1. The lowest BCUT2D eigenvalue weighted by Crippen LogP contribution is -2.31. The predicted octanol–water partition coefficient (Wildman–Crippen LogP) is 3.33. The van der Waals surface area contributed by atoms with Crippen LogP contribution in [-0.4, -0.2) is 57.1 Å². The molecular formula is C20H23N7O. The van der Waals surface area contributed by atoms with Crippen LogP contribution in [0.25, 0.3) is 21.8 Å². The summed E-state index contributed by atoms with van der Waals surface area (Å²) < 4.78 is 7.60. The second-order valence-corrected chi connectivity index (χ2v) is 7.34. The SMILES string of the molecule is COc1cccc2nc(Nc3cnn(C4CCN(C)CC4)c3)c3[nH]ncc3c12. The summed E-state index contributed by atoms with van der Waals surface area (Å²) in [5.41, 5.74) is 2.63. The van der Waals surface area contributed by atoms with Crippen LogP contribution in [0.4, 0.5) is 11.5 Å². The maximum atomic E-state index is 5.52. The molecule has 3 aromatic heterocycles. The zero-order valence-corrected chi connectivity index (χ0v) is 16.0. The molecule has 4 heterocycles. The molecule has 5 rings (SSSR count). The molecule has 4 aromatic rings. The quantitative estimate of drug-likeness (QED) is 0.568. The largest absolute Gasteiger partial charge is 0.496 e. The van der Waals surface area contributed by atoms with Crippen molar-refractivity contribution >= 4 is 33.3 Å². The third-order valence-electron chi connectivity index (χ3n) is 5.53. The molecule has 1 aromatic carbocycles. The Morgan fingerprint density at radius 1 is 1.21 bits per heavy atom. The minimum atomic E-state index is 0.452. The number of H-pyrrole nitrogens is 1.